The standard InChI is InChI=1S/C25H27N3O6S/c1-5-33-24(30)21-15(2)27-25-28(22(21)18-9-6-10-19(31-3)23(18)32-4)16(14-35-25)12-20(29)26-13-17-8-7-11-34-17/h6-11,14,22H,5,12-13H2,1-4H3,(H,26,29)/t22-/m1/s1. The molecule has 2 aromatic rings. The van der Waals surface area contributed by atoms with Crippen LogP contribution in [0.2, 0.25) is 0 Å². The first kappa shape index (κ1) is 24.5. The number of amides is 1. The van der Waals surface area contributed by atoms with E-state index in [1.165, 1.54) is 11.8 Å². The van der Waals surface area contributed by atoms with Crippen molar-refractivity contribution in [3.05, 3.63) is 70.3 Å². The topological polar surface area (TPSA) is 103 Å². The predicted molar refractivity (Wildman–Crippen MR) is 132 cm³/mol. The summed E-state index contributed by atoms with van der Waals surface area (Å²) in [4.78, 5) is 32.5. The Bertz CT molecular complexity index is 1200. The average Bonchev–Trinajstić information content (AvgIpc) is 3.51. The fourth-order valence-electron chi connectivity index (χ4n) is 4.09. The van der Waals surface area contributed by atoms with Crippen molar-refractivity contribution in [1.29, 1.82) is 0 Å². The van der Waals surface area contributed by atoms with Gasteiger partial charge in [0.2, 0.25) is 5.91 Å². The van der Waals surface area contributed by atoms with Gasteiger partial charge in [-0.25, -0.2) is 9.79 Å². The lowest BCUT2D eigenvalue weighted by Gasteiger charge is -2.37. The summed E-state index contributed by atoms with van der Waals surface area (Å²) in [6, 6.07) is 8.45. The van der Waals surface area contributed by atoms with Gasteiger partial charge >= 0.3 is 5.97 Å². The number of aliphatic imine (C=N–C) groups is 1. The van der Waals surface area contributed by atoms with Gasteiger partial charge in [-0.05, 0) is 37.5 Å². The van der Waals surface area contributed by atoms with E-state index in [4.69, 9.17) is 18.6 Å². The van der Waals surface area contributed by atoms with Crippen LogP contribution < -0.4 is 14.8 Å². The van der Waals surface area contributed by atoms with Crippen LogP contribution in [0.1, 0.15) is 37.6 Å². The molecule has 0 aliphatic carbocycles. The van der Waals surface area contributed by atoms with Gasteiger partial charge in [-0.1, -0.05) is 23.9 Å². The summed E-state index contributed by atoms with van der Waals surface area (Å²) in [5, 5.41) is 5.42. The van der Waals surface area contributed by atoms with Crippen LogP contribution in [0.3, 0.4) is 0 Å². The molecule has 3 heterocycles. The third kappa shape index (κ3) is 4.93. The highest BCUT2D eigenvalue weighted by atomic mass is 32.2. The number of carbonyl (C=O) groups is 2. The molecule has 35 heavy (non-hydrogen) atoms. The smallest absolute Gasteiger partial charge is 0.338 e. The number of benzene rings is 1. The Morgan fingerprint density at radius 3 is 2.71 bits per heavy atom. The first-order valence-corrected chi connectivity index (χ1v) is 12.0. The molecule has 0 fully saturated rings. The number of esters is 1. The molecule has 1 aromatic heterocycles. The minimum absolute atomic E-state index is 0.0880. The number of hydrogen-bond donors (Lipinski definition) is 1. The molecular weight excluding hydrogens is 470 g/mol. The quantitative estimate of drug-likeness (QED) is 0.516. The first-order valence-electron chi connectivity index (χ1n) is 11.1. The van der Waals surface area contributed by atoms with Gasteiger partial charge in [0.05, 0.1) is 57.4 Å². The number of amidine groups is 1. The molecule has 0 spiro atoms. The number of methoxy groups -OCH3 is 2. The molecular formula is C25H27N3O6S. The van der Waals surface area contributed by atoms with E-state index >= 15 is 0 Å². The second-order valence-electron chi connectivity index (χ2n) is 7.73. The Hall–Kier alpha value is -3.66. The number of rotatable bonds is 9. The number of ether oxygens (including phenoxy) is 3. The van der Waals surface area contributed by atoms with E-state index in [0.717, 1.165) is 0 Å². The van der Waals surface area contributed by atoms with Gasteiger partial charge in [-0.2, -0.15) is 0 Å². The summed E-state index contributed by atoms with van der Waals surface area (Å²) in [5.41, 5.74) is 2.33. The van der Waals surface area contributed by atoms with Gasteiger partial charge < -0.3 is 28.8 Å². The highest BCUT2D eigenvalue weighted by Crippen LogP contribution is 2.48. The van der Waals surface area contributed by atoms with Crippen molar-refractivity contribution >= 4 is 28.8 Å². The summed E-state index contributed by atoms with van der Waals surface area (Å²) in [7, 11) is 3.11. The zero-order valence-electron chi connectivity index (χ0n) is 20.0. The minimum atomic E-state index is -0.620. The number of thioether (sulfide) groups is 1. The van der Waals surface area contributed by atoms with Crippen LogP contribution in [-0.4, -0.2) is 42.8 Å². The normalized spacial score (nSPS) is 16.9. The zero-order chi connectivity index (χ0) is 24.9. The van der Waals surface area contributed by atoms with E-state index in [1.807, 2.05) is 22.4 Å². The maximum atomic E-state index is 13.1. The van der Waals surface area contributed by atoms with Crippen LogP contribution in [0.4, 0.5) is 0 Å². The molecule has 1 N–H and O–H groups in total. The number of fused-ring (bicyclic) bond motifs is 1. The van der Waals surface area contributed by atoms with E-state index < -0.39 is 12.0 Å². The fourth-order valence-corrected chi connectivity index (χ4v) is 5.05. The van der Waals surface area contributed by atoms with E-state index in [-0.39, 0.29) is 25.5 Å². The molecule has 10 heteroatoms. The Morgan fingerprint density at radius 1 is 1.20 bits per heavy atom. The number of nitrogens with zero attached hydrogens (tertiary/aromatic N) is 2. The third-order valence-corrected chi connectivity index (χ3v) is 6.49. The monoisotopic (exact) mass is 497 g/mol. The summed E-state index contributed by atoms with van der Waals surface area (Å²) in [5.74, 6) is 1.03. The third-order valence-electron chi connectivity index (χ3n) is 5.61. The Morgan fingerprint density at radius 2 is 2.03 bits per heavy atom. The summed E-state index contributed by atoms with van der Waals surface area (Å²) < 4.78 is 21.9. The van der Waals surface area contributed by atoms with Crippen LogP contribution in [0.5, 0.6) is 11.5 Å². The number of allylic oxidation sites excluding steroid dienone is 1. The SMILES string of the molecule is CCOC(=O)C1=C(C)N=C2SC=C(CC(=O)NCc3ccco3)N2[C@@H]1c1cccc(OC)c1OC. The molecule has 0 saturated heterocycles. The second-order valence-corrected chi connectivity index (χ2v) is 8.57. The number of nitrogens with one attached hydrogen (secondary N) is 1. The molecule has 2 aliphatic heterocycles. The molecule has 1 atom stereocenters. The van der Waals surface area contributed by atoms with Crippen LogP contribution in [0.25, 0.3) is 0 Å². The van der Waals surface area contributed by atoms with E-state index in [1.54, 1.807) is 52.5 Å². The highest BCUT2D eigenvalue weighted by molar-refractivity contribution is 8.16. The van der Waals surface area contributed by atoms with Crippen molar-refractivity contribution in [2.75, 3.05) is 20.8 Å². The lowest BCUT2D eigenvalue weighted by molar-refractivity contribution is -0.139. The summed E-state index contributed by atoms with van der Waals surface area (Å²) in [6.07, 6.45) is 1.65. The van der Waals surface area contributed by atoms with Gasteiger partial charge in [0.25, 0.3) is 0 Å². The van der Waals surface area contributed by atoms with Gasteiger partial charge in [-0.15, -0.1) is 0 Å². The Labute approximate surface area is 207 Å². The number of hydrogen-bond acceptors (Lipinski definition) is 9. The molecule has 1 aromatic carbocycles. The molecule has 2 aliphatic rings. The van der Waals surface area contributed by atoms with Crippen LogP contribution in [0.15, 0.2) is 68.4 Å². The van der Waals surface area contributed by atoms with Crippen molar-refractivity contribution in [1.82, 2.24) is 10.2 Å². The lowest BCUT2D eigenvalue weighted by atomic mass is 9.92. The van der Waals surface area contributed by atoms with Crippen molar-refractivity contribution in [2.24, 2.45) is 4.99 Å². The van der Waals surface area contributed by atoms with E-state index in [0.29, 0.717) is 45.0 Å². The van der Waals surface area contributed by atoms with Crippen LogP contribution in [0, 0.1) is 0 Å². The van der Waals surface area contributed by atoms with Gasteiger partial charge in [0, 0.05) is 11.3 Å². The van der Waals surface area contributed by atoms with Crippen LogP contribution in [-0.2, 0) is 20.9 Å². The van der Waals surface area contributed by atoms with Crippen molar-refractivity contribution in [3.8, 4) is 11.5 Å². The van der Waals surface area contributed by atoms with E-state index in [9.17, 15) is 9.59 Å². The van der Waals surface area contributed by atoms with E-state index in [2.05, 4.69) is 10.3 Å². The molecule has 9 nitrogen and oxygen atoms in total. The van der Waals surface area contributed by atoms with Gasteiger partial charge in [0.1, 0.15) is 5.76 Å². The van der Waals surface area contributed by atoms with Gasteiger partial charge in [-0.3, -0.25) is 4.79 Å². The molecule has 4 rings (SSSR count). The summed E-state index contributed by atoms with van der Waals surface area (Å²) >= 11 is 1.40. The van der Waals surface area contributed by atoms with Crippen molar-refractivity contribution in [2.45, 2.75) is 32.9 Å². The van der Waals surface area contributed by atoms with Crippen molar-refractivity contribution in [3.63, 3.8) is 0 Å². The number of para-hydroxylation sites is 1. The molecule has 184 valence electrons. The maximum absolute atomic E-state index is 13.1. The molecule has 0 radical (unpaired) electrons. The molecule has 0 saturated carbocycles. The molecule has 0 bridgehead atoms. The largest absolute Gasteiger partial charge is 0.493 e. The maximum Gasteiger partial charge on any atom is 0.338 e. The van der Waals surface area contributed by atoms with Gasteiger partial charge in [0.15, 0.2) is 16.7 Å². The van der Waals surface area contributed by atoms with Crippen LogP contribution >= 0.6 is 11.8 Å². The number of furan rings is 1. The first-order chi connectivity index (χ1) is 17.0. The van der Waals surface area contributed by atoms with Crippen molar-refractivity contribution < 1.29 is 28.2 Å². The summed E-state index contributed by atoms with van der Waals surface area (Å²) in [6.45, 7) is 4.05. The second kappa shape index (κ2) is 10.7. The molecule has 0 unspecified atom stereocenters. The highest BCUT2D eigenvalue weighted by Gasteiger charge is 2.42. The Kier molecular flexibility index (Phi) is 7.50. The predicted octanol–water partition coefficient (Wildman–Crippen LogP) is 4.14. The zero-order valence-corrected chi connectivity index (χ0v) is 20.8. The lowest BCUT2D eigenvalue weighted by Crippen LogP contribution is -2.38. The minimum Gasteiger partial charge on any atom is -0.493 e. The average molecular weight is 498 g/mol. The molecule has 1 amide bonds. The number of carbonyl (C=O) groups excluding carboxylic acids is 2. The fraction of sp³-hybridized carbons (Fsp3) is 0.320. The Balaban J connectivity index is 1.71.